The van der Waals surface area contributed by atoms with E-state index in [0.717, 1.165) is 23.8 Å². The van der Waals surface area contributed by atoms with Gasteiger partial charge in [0.1, 0.15) is 11.6 Å². The number of rotatable bonds is 8. The summed E-state index contributed by atoms with van der Waals surface area (Å²) in [6, 6.07) is 6.96. The van der Waals surface area contributed by atoms with Crippen LogP contribution < -0.4 is 24.8 Å². The zero-order valence-electron chi connectivity index (χ0n) is 16.8. The number of ether oxygens (including phenoxy) is 3. The van der Waals surface area contributed by atoms with Crippen LogP contribution in [0.4, 0.5) is 8.78 Å². The molecule has 2 rings (SSSR count). The third-order valence-electron chi connectivity index (χ3n) is 3.94. The first-order chi connectivity index (χ1) is 13.5. The largest absolute Gasteiger partial charge is 0.493 e. The van der Waals surface area contributed by atoms with Crippen LogP contribution in [0.3, 0.4) is 0 Å². The lowest BCUT2D eigenvalue weighted by Gasteiger charge is -2.14. The summed E-state index contributed by atoms with van der Waals surface area (Å²) in [5, 5.41) is 6.07. The van der Waals surface area contributed by atoms with Crippen LogP contribution in [-0.2, 0) is 13.1 Å². The maximum absolute atomic E-state index is 13.8. The van der Waals surface area contributed by atoms with Gasteiger partial charge in [0.2, 0.25) is 5.75 Å². The van der Waals surface area contributed by atoms with Gasteiger partial charge in [-0.05, 0) is 42.8 Å². The first-order valence-corrected chi connectivity index (χ1v) is 8.77. The third kappa shape index (κ3) is 6.91. The van der Waals surface area contributed by atoms with E-state index < -0.39 is 11.6 Å². The Bertz CT molecular complexity index is 810. The van der Waals surface area contributed by atoms with Crippen LogP contribution in [0.15, 0.2) is 35.3 Å². The molecule has 0 saturated carbocycles. The first kappa shape index (κ1) is 24.7. The molecule has 160 valence electrons. The highest BCUT2D eigenvalue weighted by atomic mass is 127. The average molecular weight is 521 g/mol. The van der Waals surface area contributed by atoms with Crippen molar-refractivity contribution in [2.75, 3.05) is 27.9 Å². The molecule has 0 radical (unpaired) electrons. The molecule has 6 nitrogen and oxygen atoms in total. The molecule has 0 aliphatic carbocycles. The summed E-state index contributed by atoms with van der Waals surface area (Å²) in [6.45, 7) is 2.95. The number of aliphatic imine (C=N–C) groups is 1. The summed E-state index contributed by atoms with van der Waals surface area (Å²) < 4.78 is 43.1. The Kier molecular flexibility index (Phi) is 10.5. The lowest BCUT2D eigenvalue weighted by Crippen LogP contribution is -2.37. The first-order valence-electron chi connectivity index (χ1n) is 8.77. The lowest BCUT2D eigenvalue weighted by molar-refractivity contribution is 0.324. The molecule has 2 aromatic carbocycles. The molecule has 0 saturated heterocycles. The SMILES string of the molecule is CCNC(=NCc1cc(OC)c(OC)c(OC)c1)NCc1cc(F)ccc1F.I. The molecule has 0 aliphatic heterocycles. The van der Waals surface area contributed by atoms with E-state index in [4.69, 9.17) is 14.2 Å². The minimum Gasteiger partial charge on any atom is -0.493 e. The van der Waals surface area contributed by atoms with Gasteiger partial charge in [-0.3, -0.25) is 0 Å². The standard InChI is InChI=1S/C20H25F2N3O3.HI/c1-5-23-20(25-12-14-10-15(21)6-7-16(14)22)24-11-13-8-17(26-2)19(28-4)18(9-13)27-3;/h6-10H,5,11-12H2,1-4H3,(H2,23,24,25);1H. The van der Waals surface area contributed by atoms with Gasteiger partial charge in [0.05, 0.1) is 27.9 Å². The van der Waals surface area contributed by atoms with Crippen molar-refractivity contribution in [1.82, 2.24) is 10.6 Å². The second kappa shape index (κ2) is 12.3. The van der Waals surface area contributed by atoms with Gasteiger partial charge in [-0.15, -0.1) is 24.0 Å². The van der Waals surface area contributed by atoms with E-state index >= 15 is 0 Å². The molecule has 0 aliphatic rings. The van der Waals surface area contributed by atoms with Crippen molar-refractivity contribution in [2.45, 2.75) is 20.0 Å². The molecule has 0 unspecified atom stereocenters. The molecule has 0 amide bonds. The Labute approximate surface area is 186 Å². The molecule has 0 heterocycles. The topological polar surface area (TPSA) is 64.1 Å². The van der Waals surface area contributed by atoms with Gasteiger partial charge < -0.3 is 24.8 Å². The van der Waals surface area contributed by atoms with Crippen molar-refractivity contribution in [3.63, 3.8) is 0 Å². The monoisotopic (exact) mass is 521 g/mol. The second-order valence-corrected chi connectivity index (χ2v) is 5.82. The summed E-state index contributed by atoms with van der Waals surface area (Å²) in [5.41, 5.74) is 1.06. The zero-order valence-corrected chi connectivity index (χ0v) is 19.2. The Morgan fingerprint density at radius 2 is 1.62 bits per heavy atom. The molecule has 2 aromatic rings. The number of benzene rings is 2. The molecular formula is C20H26F2IN3O3. The Morgan fingerprint density at radius 3 is 2.17 bits per heavy atom. The van der Waals surface area contributed by atoms with Crippen molar-refractivity contribution < 1.29 is 23.0 Å². The van der Waals surface area contributed by atoms with E-state index in [9.17, 15) is 8.78 Å². The van der Waals surface area contributed by atoms with Gasteiger partial charge in [-0.1, -0.05) is 0 Å². The Morgan fingerprint density at radius 1 is 0.966 bits per heavy atom. The zero-order chi connectivity index (χ0) is 20.5. The number of halogens is 3. The summed E-state index contributed by atoms with van der Waals surface area (Å²) in [7, 11) is 4.63. The van der Waals surface area contributed by atoms with Crippen LogP contribution in [0, 0.1) is 11.6 Å². The fourth-order valence-electron chi connectivity index (χ4n) is 2.60. The van der Waals surface area contributed by atoms with Crippen LogP contribution in [0.5, 0.6) is 17.2 Å². The predicted molar refractivity (Wildman–Crippen MR) is 120 cm³/mol. The number of hydrogen-bond donors (Lipinski definition) is 2. The Balaban J connectivity index is 0.00000420. The summed E-state index contributed by atoms with van der Waals surface area (Å²) in [5.74, 6) is 1.08. The van der Waals surface area contributed by atoms with Gasteiger partial charge in [0.25, 0.3) is 0 Å². The fourth-order valence-corrected chi connectivity index (χ4v) is 2.60. The minimum absolute atomic E-state index is 0. The third-order valence-corrected chi connectivity index (χ3v) is 3.94. The quantitative estimate of drug-likeness (QED) is 0.314. The lowest BCUT2D eigenvalue weighted by atomic mass is 10.2. The molecule has 29 heavy (non-hydrogen) atoms. The smallest absolute Gasteiger partial charge is 0.203 e. The van der Waals surface area contributed by atoms with E-state index in [1.54, 1.807) is 26.4 Å². The molecule has 0 bridgehead atoms. The molecule has 0 fully saturated rings. The highest BCUT2D eigenvalue weighted by Gasteiger charge is 2.13. The van der Waals surface area contributed by atoms with Crippen LogP contribution >= 0.6 is 24.0 Å². The normalized spacial score (nSPS) is 10.8. The van der Waals surface area contributed by atoms with Crippen molar-refractivity contribution in [3.05, 3.63) is 53.1 Å². The van der Waals surface area contributed by atoms with Crippen LogP contribution in [0.25, 0.3) is 0 Å². The molecule has 0 spiro atoms. The van der Waals surface area contributed by atoms with Crippen molar-refractivity contribution in [1.29, 1.82) is 0 Å². The number of nitrogens with one attached hydrogen (secondary N) is 2. The van der Waals surface area contributed by atoms with Gasteiger partial charge in [0.15, 0.2) is 17.5 Å². The van der Waals surface area contributed by atoms with E-state index in [1.807, 2.05) is 6.92 Å². The predicted octanol–water partition coefficient (Wildman–Crippen LogP) is 3.86. The second-order valence-electron chi connectivity index (χ2n) is 5.82. The minimum atomic E-state index is -0.488. The molecule has 9 heteroatoms. The van der Waals surface area contributed by atoms with E-state index in [-0.39, 0.29) is 36.1 Å². The summed E-state index contributed by atoms with van der Waals surface area (Å²) >= 11 is 0. The maximum atomic E-state index is 13.8. The van der Waals surface area contributed by atoms with Gasteiger partial charge in [-0.2, -0.15) is 0 Å². The molecule has 0 atom stereocenters. The summed E-state index contributed by atoms with van der Waals surface area (Å²) in [6.07, 6.45) is 0. The Hall–Kier alpha value is -2.30. The van der Waals surface area contributed by atoms with Crippen LogP contribution in [0.2, 0.25) is 0 Å². The summed E-state index contributed by atoms with van der Waals surface area (Å²) in [4.78, 5) is 4.48. The maximum Gasteiger partial charge on any atom is 0.203 e. The van der Waals surface area contributed by atoms with E-state index in [1.165, 1.54) is 7.11 Å². The van der Waals surface area contributed by atoms with Crippen LogP contribution in [-0.4, -0.2) is 33.8 Å². The van der Waals surface area contributed by atoms with E-state index in [0.29, 0.717) is 36.3 Å². The van der Waals surface area contributed by atoms with Crippen molar-refractivity contribution in [2.24, 2.45) is 4.99 Å². The number of methoxy groups -OCH3 is 3. The van der Waals surface area contributed by atoms with Crippen molar-refractivity contribution in [3.8, 4) is 17.2 Å². The molecule has 2 N–H and O–H groups in total. The van der Waals surface area contributed by atoms with Gasteiger partial charge in [0, 0.05) is 18.7 Å². The molecule has 0 aromatic heterocycles. The van der Waals surface area contributed by atoms with Crippen LogP contribution in [0.1, 0.15) is 18.1 Å². The van der Waals surface area contributed by atoms with Crippen molar-refractivity contribution >= 4 is 29.9 Å². The fraction of sp³-hybridized carbons (Fsp3) is 0.350. The number of nitrogens with zero attached hydrogens (tertiary/aromatic N) is 1. The van der Waals surface area contributed by atoms with Gasteiger partial charge in [-0.25, -0.2) is 13.8 Å². The average Bonchev–Trinajstić information content (AvgIpc) is 2.71. The highest BCUT2D eigenvalue weighted by molar-refractivity contribution is 14.0. The molecular weight excluding hydrogens is 495 g/mol. The number of hydrogen-bond acceptors (Lipinski definition) is 4. The highest BCUT2D eigenvalue weighted by Crippen LogP contribution is 2.38. The number of guanidine groups is 1. The van der Waals surface area contributed by atoms with Gasteiger partial charge >= 0.3 is 0 Å². The van der Waals surface area contributed by atoms with E-state index in [2.05, 4.69) is 15.6 Å².